The molecule has 0 unspecified atom stereocenters. The Balaban J connectivity index is 1.52. The van der Waals surface area contributed by atoms with Crippen molar-refractivity contribution in [3.05, 3.63) is 41.4 Å². The molecule has 6 rings (SSSR count). The third kappa shape index (κ3) is 2.98. The van der Waals surface area contributed by atoms with Crippen LogP contribution in [0, 0.1) is 56.2 Å². The van der Waals surface area contributed by atoms with Crippen molar-refractivity contribution in [2.45, 2.75) is 105 Å². The number of aromatic nitrogens is 2. The highest BCUT2D eigenvalue weighted by Crippen LogP contribution is 2.75. The van der Waals surface area contributed by atoms with Gasteiger partial charge in [-0.25, -0.2) is 0 Å². The maximum atomic E-state index is 14.6. The summed E-state index contributed by atoms with van der Waals surface area (Å²) < 4.78 is 2.22. The molecule has 0 aliphatic heterocycles. The molecule has 1 aromatic rings. The molecule has 1 aromatic heterocycles. The van der Waals surface area contributed by atoms with Gasteiger partial charge in [-0.05, 0) is 97.0 Å². The van der Waals surface area contributed by atoms with Crippen molar-refractivity contribution in [3.8, 4) is 6.07 Å². The molecule has 38 heavy (non-hydrogen) atoms. The SMILES string of the molecule is CC1(C)CC[C@]2(n3cccn3)CC[C@]3(C)[C@H](C(=O)C=C4[C@@]5(C)CC(C#N)=C(O)C(C)(C)[C@@H]5CC[C@]43C)[C@@H]2C1. The van der Waals surface area contributed by atoms with E-state index in [0.29, 0.717) is 12.0 Å². The lowest BCUT2D eigenvalue weighted by atomic mass is 9.35. The van der Waals surface area contributed by atoms with Crippen molar-refractivity contribution in [1.29, 1.82) is 5.26 Å². The largest absolute Gasteiger partial charge is 0.511 e. The van der Waals surface area contributed by atoms with E-state index in [1.54, 1.807) is 0 Å². The lowest BCUT2D eigenvalue weighted by Crippen LogP contribution is -2.66. The van der Waals surface area contributed by atoms with E-state index in [1.807, 2.05) is 18.3 Å². The van der Waals surface area contributed by atoms with Crippen LogP contribution in [-0.2, 0) is 10.3 Å². The molecule has 3 saturated carbocycles. The van der Waals surface area contributed by atoms with Gasteiger partial charge in [-0.15, -0.1) is 0 Å². The summed E-state index contributed by atoms with van der Waals surface area (Å²) in [4.78, 5) is 14.6. The van der Waals surface area contributed by atoms with E-state index >= 15 is 0 Å². The van der Waals surface area contributed by atoms with Crippen molar-refractivity contribution >= 4 is 5.78 Å². The minimum Gasteiger partial charge on any atom is -0.511 e. The lowest BCUT2D eigenvalue weighted by Gasteiger charge is -2.69. The standard InChI is InChI=1S/C33H45N3O2/c1-28(2)11-13-33(36-16-8-15-35-36)14-12-32(7)26(22(33)19-28)23(37)17-25-30(5)18-21(20-34)27(38)29(3,4)24(30)9-10-31(25,32)6/h8,15-17,22,24,26,38H,9-14,18-19H2,1-7H3/t22-,24-,26-,30-,31+,32+,33-/m0/s1. The molecule has 0 bridgehead atoms. The lowest BCUT2D eigenvalue weighted by molar-refractivity contribution is -0.170. The zero-order valence-electron chi connectivity index (χ0n) is 24.4. The molecule has 0 amide bonds. The van der Waals surface area contributed by atoms with E-state index in [0.717, 1.165) is 44.9 Å². The Morgan fingerprint density at radius 3 is 2.42 bits per heavy atom. The van der Waals surface area contributed by atoms with Crippen LogP contribution >= 0.6 is 0 Å². The zero-order valence-corrected chi connectivity index (χ0v) is 24.4. The number of ketones is 1. The maximum absolute atomic E-state index is 14.6. The van der Waals surface area contributed by atoms with E-state index in [-0.39, 0.29) is 56.5 Å². The summed E-state index contributed by atoms with van der Waals surface area (Å²) in [5.74, 6) is 0.948. The number of hydrogen-bond donors (Lipinski definition) is 1. The van der Waals surface area contributed by atoms with Gasteiger partial charge in [0.25, 0.3) is 0 Å². The topological polar surface area (TPSA) is 78.9 Å². The summed E-state index contributed by atoms with van der Waals surface area (Å²) >= 11 is 0. The number of aliphatic hydroxyl groups is 1. The Morgan fingerprint density at radius 1 is 1.05 bits per heavy atom. The minimum absolute atomic E-state index is 0.0371. The Bertz CT molecular complexity index is 1300. The first-order valence-electron chi connectivity index (χ1n) is 14.8. The fourth-order valence-corrected chi connectivity index (χ4v) is 10.8. The molecular weight excluding hydrogens is 470 g/mol. The summed E-state index contributed by atoms with van der Waals surface area (Å²) in [5.41, 5.74) is 0.753. The van der Waals surface area contributed by atoms with Gasteiger partial charge >= 0.3 is 0 Å². The monoisotopic (exact) mass is 515 g/mol. The highest BCUT2D eigenvalue weighted by atomic mass is 16.3. The summed E-state index contributed by atoms with van der Waals surface area (Å²) in [7, 11) is 0. The third-order valence-electron chi connectivity index (χ3n) is 13.0. The maximum Gasteiger partial charge on any atom is 0.159 e. The van der Waals surface area contributed by atoms with Crippen LogP contribution in [0.4, 0.5) is 0 Å². The average Bonchev–Trinajstić information content (AvgIpc) is 3.38. The molecule has 0 radical (unpaired) electrons. The molecule has 0 spiro atoms. The molecule has 5 aliphatic carbocycles. The second-order valence-electron chi connectivity index (χ2n) is 15.6. The van der Waals surface area contributed by atoms with Gasteiger partial charge < -0.3 is 5.11 Å². The van der Waals surface area contributed by atoms with Gasteiger partial charge in [0.15, 0.2) is 5.78 Å². The Morgan fingerprint density at radius 2 is 1.76 bits per heavy atom. The van der Waals surface area contributed by atoms with Crippen LogP contribution in [-0.4, -0.2) is 20.7 Å². The molecule has 1 heterocycles. The van der Waals surface area contributed by atoms with Crippen molar-refractivity contribution in [2.75, 3.05) is 0 Å². The highest BCUT2D eigenvalue weighted by molar-refractivity contribution is 5.95. The average molecular weight is 516 g/mol. The van der Waals surface area contributed by atoms with Crippen molar-refractivity contribution in [3.63, 3.8) is 0 Å². The first-order chi connectivity index (χ1) is 17.7. The third-order valence-corrected chi connectivity index (χ3v) is 13.0. The predicted octanol–water partition coefficient (Wildman–Crippen LogP) is 7.52. The van der Waals surface area contributed by atoms with Crippen LogP contribution in [0.5, 0.6) is 0 Å². The van der Waals surface area contributed by atoms with Crippen LogP contribution < -0.4 is 0 Å². The van der Waals surface area contributed by atoms with E-state index in [4.69, 9.17) is 5.10 Å². The number of carbonyl (C=O) groups is 1. The van der Waals surface area contributed by atoms with Crippen molar-refractivity contribution in [2.24, 2.45) is 44.8 Å². The van der Waals surface area contributed by atoms with E-state index in [9.17, 15) is 15.2 Å². The van der Waals surface area contributed by atoms with Gasteiger partial charge in [-0.1, -0.05) is 54.0 Å². The first kappa shape index (κ1) is 25.9. The van der Waals surface area contributed by atoms with Gasteiger partial charge in [0, 0.05) is 23.7 Å². The van der Waals surface area contributed by atoms with Gasteiger partial charge in [0.1, 0.15) is 5.76 Å². The van der Waals surface area contributed by atoms with Crippen LogP contribution in [0.15, 0.2) is 41.4 Å². The predicted molar refractivity (Wildman–Crippen MR) is 148 cm³/mol. The fourth-order valence-electron chi connectivity index (χ4n) is 10.8. The Hall–Kier alpha value is -2.35. The van der Waals surface area contributed by atoms with Gasteiger partial charge in [-0.3, -0.25) is 9.48 Å². The molecule has 5 nitrogen and oxygen atoms in total. The molecule has 5 heteroatoms. The summed E-state index contributed by atoms with van der Waals surface area (Å²) in [6, 6.07) is 4.36. The summed E-state index contributed by atoms with van der Waals surface area (Å²) in [6.45, 7) is 16.1. The molecular formula is C33H45N3O2. The fraction of sp³-hybridized carbons (Fsp3) is 0.727. The van der Waals surface area contributed by atoms with Crippen LogP contribution in [0.2, 0.25) is 0 Å². The minimum atomic E-state index is -0.490. The molecule has 3 fully saturated rings. The second kappa shape index (κ2) is 7.64. The smallest absolute Gasteiger partial charge is 0.159 e. The Labute approximate surface area is 228 Å². The zero-order chi connectivity index (χ0) is 27.5. The summed E-state index contributed by atoms with van der Waals surface area (Å²) in [5, 5.41) is 25.8. The van der Waals surface area contributed by atoms with Crippen molar-refractivity contribution in [1.82, 2.24) is 9.78 Å². The number of hydrogen-bond acceptors (Lipinski definition) is 4. The number of fused-ring (bicyclic) bond motifs is 7. The highest BCUT2D eigenvalue weighted by Gasteiger charge is 2.70. The second-order valence-corrected chi connectivity index (χ2v) is 15.6. The normalized spacial score (nSPS) is 45.2. The quantitative estimate of drug-likeness (QED) is 0.419. The number of carbonyl (C=O) groups excluding carboxylic acids is 1. The van der Waals surface area contributed by atoms with Gasteiger partial charge in [0.2, 0.25) is 0 Å². The number of allylic oxidation sites excluding steroid dienone is 4. The van der Waals surface area contributed by atoms with Crippen molar-refractivity contribution < 1.29 is 9.90 Å². The van der Waals surface area contributed by atoms with Gasteiger partial charge in [-0.2, -0.15) is 10.4 Å². The number of nitriles is 1. The van der Waals surface area contributed by atoms with E-state index < -0.39 is 5.41 Å². The van der Waals surface area contributed by atoms with Crippen LogP contribution in [0.1, 0.15) is 99.8 Å². The van der Waals surface area contributed by atoms with Crippen LogP contribution in [0.25, 0.3) is 0 Å². The molecule has 1 N–H and O–H groups in total. The molecule has 7 atom stereocenters. The first-order valence-corrected chi connectivity index (χ1v) is 14.8. The van der Waals surface area contributed by atoms with Crippen LogP contribution in [0.3, 0.4) is 0 Å². The number of rotatable bonds is 1. The van der Waals surface area contributed by atoms with E-state index in [1.165, 1.54) is 5.57 Å². The molecule has 204 valence electrons. The number of aliphatic hydroxyl groups excluding tert-OH is 1. The Kier molecular flexibility index (Phi) is 5.21. The summed E-state index contributed by atoms with van der Waals surface area (Å²) in [6.07, 6.45) is 13.9. The molecule has 0 saturated heterocycles. The van der Waals surface area contributed by atoms with E-state index in [2.05, 4.69) is 65.4 Å². The number of nitrogens with zero attached hydrogens (tertiary/aromatic N) is 3. The molecule has 0 aromatic carbocycles. The van der Waals surface area contributed by atoms with Gasteiger partial charge in [0.05, 0.1) is 17.2 Å². The molecule has 5 aliphatic rings.